The maximum atomic E-state index is 6.95. The Balaban J connectivity index is 1.19. The first-order chi connectivity index (χ1) is 25.8. The van der Waals surface area contributed by atoms with Crippen molar-refractivity contribution in [1.82, 2.24) is 0 Å². The molecule has 0 unspecified atom stereocenters. The van der Waals surface area contributed by atoms with Crippen LogP contribution in [0.5, 0.6) is 23.0 Å². The molecule has 2 heterocycles. The fraction of sp³-hybridized carbons (Fsp3) is 0. The van der Waals surface area contributed by atoms with Crippen LogP contribution in [-0.2, 0) is 0 Å². The Morgan fingerprint density at radius 3 is 1.58 bits per heavy atom. The lowest BCUT2D eigenvalue weighted by molar-refractivity contribution is 0.465. The minimum absolute atomic E-state index is 0.102. The summed E-state index contributed by atoms with van der Waals surface area (Å²) in [5, 5.41) is 7.16. The van der Waals surface area contributed by atoms with E-state index in [1.54, 1.807) is 0 Å². The molecule has 0 saturated heterocycles. The van der Waals surface area contributed by atoms with Crippen LogP contribution in [0.15, 0.2) is 182 Å². The largest absolute Gasteiger partial charge is 0.458 e. The van der Waals surface area contributed by atoms with Crippen LogP contribution in [0.4, 0.5) is 17.1 Å². The maximum Gasteiger partial charge on any atom is 0.262 e. The van der Waals surface area contributed by atoms with E-state index in [1.165, 1.54) is 32.6 Å². The van der Waals surface area contributed by atoms with Crippen LogP contribution in [0.3, 0.4) is 0 Å². The van der Waals surface area contributed by atoms with Crippen molar-refractivity contribution in [1.29, 1.82) is 0 Å². The molecule has 0 atom stereocenters. The zero-order chi connectivity index (χ0) is 34.2. The number of benzene rings is 9. The monoisotopic (exact) mass is 663 g/mol. The van der Waals surface area contributed by atoms with Gasteiger partial charge < -0.3 is 14.4 Å². The van der Waals surface area contributed by atoms with Crippen molar-refractivity contribution in [2.75, 3.05) is 4.90 Å². The van der Waals surface area contributed by atoms with Gasteiger partial charge in [-0.05, 0) is 97.5 Å². The molecule has 3 nitrogen and oxygen atoms in total. The number of rotatable bonds is 4. The number of para-hydroxylation sites is 2. The average molecular weight is 664 g/mol. The summed E-state index contributed by atoms with van der Waals surface area (Å²) in [6, 6.07) is 64.7. The second kappa shape index (κ2) is 11.4. The second-order valence-electron chi connectivity index (χ2n) is 13.6. The molecule has 2 aliphatic heterocycles. The predicted octanol–water partition coefficient (Wildman–Crippen LogP) is 11.0. The van der Waals surface area contributed by atoms with Gasteiger partial charge in [0.15, 0.2) is 0 Å². The summed E-state index contributed by atoms with van der Waals surface area (Å²) >= 11 is 0. The van der Waals surface area contributed by atoms with Crippen LogP contribution < -0.4 is 30.8 Å². The van der Waals surface area contributed by atoms with Gasteiger partial charge in [0.25, 0.3) is 6.71 Å². The first-order valence-electron chi connectivity index (χ1n) is 17.8. The SMILES string of the molecule is c1ccc(N(c2ccccc2)c2cc3c(c4ccccc24)B2c4c(cccc4O3)Oc3cc(-c4ccc5ccccc5c4)c4ccccc4c32)cc1. The zero-order valence-corrected chi connectivity index (χ0v) is 28.2. The average Bonchev–Trinajstić information content (AvgIpc) is 3.21. The fourth-order valence-electron chi connectivity index (χ4n) is 8.51. The normalized spacial score (nSPS) is 12.5. The lowest BCUT2D eigenvalue weighted by Crippen LogP contribution is -2.58. The molecule has 0 fully saturated rings. The molecule has 2 aliphatic rings. The van der Waals surface area contributed by atoms with Crippen LogP contribution in [0.2, 0.25) is 0 Å². The van der Waals surface area contributed by atoms with Crippen molar-refractivity contribution < 1.29 is 9.47 Å². The third-order valence-corrected chi connectivity index (χ3v) is 10.7. The summed E-state index contributed by atoms with van der Waals surface area (Å²) < 4.78 is 13.8. The Morgan fingerprint density at radius 2 is 0.904 bits per heavy atom. The molecule has 0 bridgehead atoms. The van der Waals surface area contributed by atoms with E-state index < -0.39 is 0 Å². The molecular formula is C48H30BNO2. The van der Waals surface area contributed by atoms with Gasteiger partial charge in [-0.25, -0.2) is 0 Å². The van der Waals surface area contributed by atoms with Crippen molar-refractivity contribution in [2.45, 2.75) is 0 Å². The van der Waals surface area contributed by atoms with Gasteiger partial charge in [0.05, 0.1) is 5.69 Å². The number of hydrogen-bond acceptors (Lipinski definition) is 3. The number of ether oxygens (including phenoxy) is 2. The Labute approximate surface area is 302 Å². The Hall–Kier alpha value is -6.78. The lowest BCUT2D eigenvalue weighted by Gasteiger charge is -2.36. The van der Waals surface area contributed by atoms with Gasteiger partial charge in [0.2, 0.25) is 0 Å². The summed E-state index contributed by atoms with van der Waals surface area (Å²) in [7, 11) is 0. The molecule has 52 heavy (non-hydrogen) atoms. The molecule has 0 N–H and O–H groups in total. The maximum absolute atomic E-state index is 6.95. The Kier molecular flexibility index (Phi) is 6.35. The van der Waals surface area contributed by atoms with Gasteiger partial charge in [-0.15, -0.1) is 0 Å². The number of nitrogens with zero attached hydrogens (tertiary/aromatic N) is 1. The van der Waals surface area contributed by atoms with Gasteiger partial charge in [-0.1, -0.05) is 127 Å². The van der Waals surface area contributed by atoms with Gasteiger partial charge in [0, 0.05) is 28.3 Å². The summed E-state index contributed by atoms with van der Waals surface area (Å²) in [6.07, 6.45) is 0. The van der Waals surface area contributed by atoms with E-state index in [1.807, 2.05) is 6.07 Å². The van der Waals surface area contributed by atoms with Gasteiger partial charge >= 0.3 is 0 Å². The molecule has 0 aromatic heterocycles. The highest BCUT2D eigenvalue weighted by atomic mass is 16.5. The van der Waals surface area contributed by atoms with Crippen molar-refractivity contribution in [2.24, 2.45) is 0 Å². The minimum atomic E-state index is -0.102. The van der Waals surface area contributed by atoms with Gasteiger partial charge in [-0.3, -0.25) is 0 Å². The third-order valence-electron chi connectivity index (χ3n) is 10.7. The quantitative estimate of drug-likeness (QED) is 0.175. The van der Waals surface area contributed by atoms with E-state index in [2.05, 4.69) is 181 Å². The van der Waals surface area contributed by atoms with E-state index >= 15 is 0 Å². The van der Waals surface area contributed by atoms with Crippen molar-refractivity contribution in [3.8, 4) is 34.1 Å². The number of fused-ring (bicyclic) bond motifs is 9. The summed E-state index contributed by atoms with van der Waals surface area (Å²) in [5.74, 6) is 3.41. The highest BCUT2D eigenvalue weighted by Gasteiger charge is 2.43. The first-order valence-corrected chi connectivity index (χ1v) is 17.8. The Bertz CT molecular complexity index is 2830. The van der Waals surface area contributed by atoms with Crippen molar-refractivity contribution in [3.63, 3.8) is 0 Å². The van der Waals surface area contributed by atoms with E-state index in [9.17, 15) is 0 Å². The second-order valence-corrected chi connectivity index (χ2v) is 13.6. The molecular weight excluding hydrogens is 633 g/mol. The van der Waals surface area contributed by atoms with E-state index in [0.717, 1.165) is 67.3 Å². The molecule has 0 spiro atoms. The standard InChI is InChI=1S/C48H30BNO2/c1-3-16-34(17-4-1)50(35-18-5-2-6-19-35)41-30-45-47(39-23-12-10-21-37(39)41)49-46-38-22-11-9-20-36(38)40(33-27-26-31-14-7-8-15-32(31)28-33)29-44(46)51-42-24-13-25-43(52-45)48(42)49/h1-30H. The van der Waals surface area contributed by atoms with Crippen molar-refractivity contribution >= 4 is 72.5 Å². The van der Waals surface area contributed by atoms with Crippen LogP contribution in [0.1, 0.15) is 0 Å². The summed E-state index contributed by atoms with van der Waals surface area (Å²) in [4.78, 5) is 2.33. The van der Waals surface area contributed by atoms with E-state index in [-0.39, 0.29) is 6.71 Å². The molecule has 0 saturated carbocycles. The first kappa shape index (κ1) is 29.0. The van der Waals surface area contributed by atoms with Gasteiger partial charge in [-0.2, -0.15) is 0 Å². The topological polar surface area (TPSA) is 21.7 Å². The molecule has 4 heteroatoms. The van der Waals surface area contributed by atoms with Crippen molar-refractivity contribution in [3.05, 3.63) is 182 Å². The third kappa shape index (κ3) is 4.34. The molecule has 11 rings (SSSR count). The molecule has 0 radical (unpaired) electrons. The summed E-state index contributed by atoms with van der Waals surface area (Å²) in [5.41, 5.74) is 8.97. The molecule has 9 aromatic carbocycles. The fourth-order valence-corrected chi connectivity index (χ4v) is 8.51. The molecule has 0 amide bonds. The van der Waals surface area contributed by atoms with Gasteiger partial charge in [0.1, 0.15) is 23.0 Å². The smallest absolute Gasteiger partial charge is 0.262 e. The Morgan fingerprint density at radius 1 is 0.365 bits per heavy atom. The molecule has 0 aliphatic carbocycles. The molecule has 9 aromatic rings. The zero-order valence-electron chi connectivity index (χ0n) is 28.2. The summed E-state index contributed by atoms with van der Waals surface area (Å²) in [6.45, 7) is -0.102. The van der Waals surface area contributed by atoms with E-state index in [4.69, 9.17) is 9.47 Å². The van der Waals surface area contributed by atoms with Crippen LogP contribution >= 0.6 is 0 Å². The minimum Gasteiger partial charge on any atom is -0.458 e. The van der Waals surface area contributed by atoms with Crippen LogP contribution in [0, 0.1) is 0 Å². The highest BCUT2D eigenvalue weighted by molar-refractivity contribution is 7.01. The number of hydrogen-bond donors (Lipinski definition) is 0. The molecule has 242 valence electrons. The number of anilines is 3. The predicted molar refractivity (Wildman–Crippen MR) is 217 cm³/mol. The highest BCUT2D eigenvalue weighted by Crippen LogP contribution is 2.45. The lowest BCUT2D eigenvalue weighted by atomic mass is 9.33. The van der Waals surface area contributed by atoms with E-state index in [0.29, 0.717) is 0 Å². The van der Waals surface area contributed by atoms with Crippen LogP contribution in [0.25, 0.3) is 43.4 Å². The van der Waals surface area contributed by atoms with Crippen LogP contribution in [-0.4, -0.2) is 6.71 Å².